The molecule has 0 amide bonds. The lowest BCUT2D eigenvalue weighted by atomic mass is 10.1. The first-order valence-corrected chi connectivity index (χ1v) is 8.09. The number of sulfone groups is 1. The van der Waals surface area contributed by atoms with Gasteiger partial charge in [-0.2, -0.15) is 0 Å². The summed E-state index contributed by atoms with van der Waals surface area (Å²) < 4.78 is 24.3. The fourth-order valence-electron chi connectivity index (χ4n) is 1.69. The lowest BCUT2D eigenvalue weighted by Crippen LogP contribution is -2.35. The normalized spacial score (nSPS) is 13.8. The van der Waals surface area contributed by atoms with Gasteiger partial charge in [0.05, 0.1) is 16.8 Å². The zero-order chi connectivity index (χ0) is 14.6. The number of benzene rings is 1. The monoisotopic (exact) mass is 285 g/mol. The predicted octanol–water partition coefficient (Wildman–Crippen LogP) is 1.44. The van der Waals surface area contributed by atoms with Crippen LogP contribution < -0.4 is 5.32 Å². The molecule has 5 heteroatoms. The van der Waals surface area contributed by atoms with E-state index in [9.17, 15) is 13.5 Å². The van der Waals surface area contributed by atoms with E-state index >= 15 is 0 Å². The molecular formula is C14H23NO3S. The zero-order valence-corrected chi connectivity index (χ0v) is 12.8. The predicted molar refractivity (Wildman–Crippen MR) is 77.1 cm³/mol. The van der Waals surface area contributed by atoms with Crippen LogP contribution in [0.5, 0.6) is 0 Å². The molecule has 1 atom stereocenters. The Bertz CT molecular complexity index is 523. The van der Waals surface area contributed by atoms with E-state index in [1.54, 1.807) is 18.2 Å². The Morgan fingerprint density at radius 3 is 2.37 bits per heavy atom. The minimum atomic E-state index is -3.44. The van der Waals surface area contributed by atoms with Crippen molar-refractivity contribution < 1.29 is 13.5 Å². The molecule has 0 saturated carbocycles. The Balaban J connectivity index is 2.77. The highest BCUT2D eigenvalue weighted by Gasteiger charge is 2.20. The highest BCUT2D eigenvalue weighted by molar-refractivity contribution is 7.91. The SMILES string of the molecule is Cc1ccc(S(=O)(=O)CC(O)CNC(C)C)cc1C. The number of aliphatic hydroxyl groups excluding tert-OH is 1. The minimum Gasteiger partial charge on any atom is -0.391 e. The first-order chi connectivity index (χ1) is 8.72. The van der Waals surface area contributed by atoms with Gasteiger partial charge in [-0.1, -0.05) is 19.9 Å². The van der Waals surface area contributed by atoms with Crippen LogP contribution in [-0.2, 0) is 9.84 Å². The molecule has 2 N–H and O–H groups in total. The van der Waals surface area contributed by atoms with E-state index in [1.807, 2.05) is 27.7 Å². The van der Waals surface area contributed by atoms with Gasteiger partial charge in [-0.3, -0.25) is 0 Å². The Kier molecular flexibility index (Phi) is 5.52. The molecule has 1 rings (SSSR count). The van der Waals surface area contributed by atoms with Crippen LogP contribution in [-0.4, -0.2) is 38.0 Å². The van der Waals surface area contributed by atoms with Gasteiger partial charge in [0, 0.05) is 12.6 Å². The fourth-order valence-corrected chi connectivity index (χ4v) is 3.14. The van der Waals surface area contributed by atoms with Gasteiger partial charge < -0.3 is 10.4 Å². The number of rotatable bonds is 6. The smallest absolute Gasteiger partial charge is 0.180 e. The molecule has 0 spiro atoms. The van der Waals surface area contributed by atoms with E-state index < -0.39 is 15.9 Å². The molecule has 0 heterocycles. The number of aliphatic hydroxyl groups is 1. The van der Waals surface area contributed by atoms with Crippen molar-refractivity contribution in [3.8, 4) is 0 Å². The van der Waals surface area contributed by atoms with E-state index in [-0.39, 0.29) is 23.2 Å². The van der Waals surface area contributed by atoms with E-state index in [4.69, 9.17) is 0 Å². The van der Waals surface area contributed by atoms with Gasteiger partial charge in [0.15, 0.2) is 9.84 Å². The summed E-state index contributed by atoms with van der Waals surface area (Å²) in [4.78, 5) is 0.277. The second-order valence-electron chi connectivity index (χ2n) is 5.24. The van der Waals surface area contributed by atoms with Crippen molar-refractivity contribution in [2.75, 3.05) is 12.3 Å². The summed E-state index contributed by atoms with van der Waals surface area (Å²) in [6.45, 7) is 8.00. The highest BCUT2D eigenvalue weighted by atomic mass is 32.2. The summed E-state index contributed by atoms with van der Waals surface area (Å²) in [6.07, 6.45) is -0.894. The van der Waals surface area contributed by atoms with Crippen LogP contribution in [0.2, 0.25) is 0 Å². The van der Waals surface area contributed by atoms with Crippen LogP contribution in [0.15, 0.2) is 23.1 Å². The standard InChI is InChI=1S/C14H23NO3S/c1-10(2)15-8-13(16)9-19(17,18)14-6-5-11(3)12(4)7-14/h5-7,10,13,15-16H,8-9H2,1-4H3. The van der Waals surface area contributed by atoms with Gasteiger partial charge in [0.1, 0.15) is 0 Å². The van der Waals surface area contributed by atoms with Gasteiger partial charge in [0.25, 0.3) is 0 Å². The fraction of sp³-hybridized carbons (Fsp3) is 0.571. The molecule has 0 aliphatic rings. The Hall–Kier alpha value is -0.910. The Labute approximate surface area is 115 Å². The van der Waals surface area contributed by atoms with Gasteiger partial charge in [-0.25, -0.2) is 8.42 Å². The van der Waals surface area contributed by atoms with Crippen molar-refractivity contribution in [3.63, 3.8) is 0 Å². The average Bonchev–Trinajstić information content (AvgIpc) is 2.29. The summed E-state index contributed by atoms with van der Waals surface area (Å²) in [5.41, 5.74) is 2.00. The van der Waals surface area contributed by atoms with Crippen molar-refractivity contribution in [1.82, 2.24) is 5.32 Å². The van der Waals surface area contributed by atoms with E-state index in [0.29, 0.717) is 0 Å². The van der Waals surface area contributed by atoms with Gasteiger partial charge in [-0.05, 0) is 37.1 Å². The summed E-state index contributed by atoms with van der Waals surface area (Å²) in [6, 6.07) is 5.27. The molecule has 0 saturated heterocycles. The van der Waals surface area contributed by atoms with Gasteiger partial charge in [-0.15, -0.1) is 0 Å². The van der Waals surface area contributed by atoms with Crippen LogP contribution in [0.1, 0.15) is 25.0 Å². The molecular weight excluding hydrogens is 262 g/mol. The Morgan fingerprint density at radius 2 is 1.84 bits per heavy atom. The van der Waals surface area contributed by atoms with Crippen LogP contribution in [0.25, 0.3) is 0 Å². The molecule has 108 valence electrons. The molecule has 0 radical (unpaired) electrons. The second kappa shape index (κ2) is 6.50. The molecule has 4 nitrogen and oxygen atoms in total. The van der Waals surface area contributed by atoms with E-state index in [1.165, 1.54) is 0 Å². The van der Waals surface area contributed by atoms with Crippen molar-refractivity contribution in [2.45, 2.75) is 44.7 Å². The number of hydrogen-bond acceptors (Lipinski definition) is 4. The van der Waals surface area contributed by atoms with Crippen molar-refractivity contribution >= 4 is 9.84 Å². The van der Waals surface area contributed by atoms with Crippen LogP contribution in [0.3, 0.4) is 0 Å². The van der Waals surface area contributed by atoms with Gasteiger partial charge in [0.2, 0.25) is 0 Å². The first-order valence-electron chi connectivity index (χ1n) is 6.44. The van der Waals surface area contributed by atoms with Gasteiger partial charge >= 0.3 is 0 Å². The molecule has 0 aliphatic carbocycles. The zero-order valence-electron chi connectivity index (χ0n) is 12.0. The summed E-state index contributed by atoms with van der Waals surface area (Å²) >= 11 is 0. The third kappa shape index (κ3) is 4.93. The van der Waals surface area contributed by atoms with E-state index in [0.717, 1.165) is 11.1 Å². The van der Waals surface area contributed by atoms with Crippen molar-refractivity contribution in [2.24, 2.45) is 0 Å². The van der Waals surface area contributed by atoms with Crippen LogP contribution in [0, 0.1) is 13.8 Å². The lowest BCUT2D eigenvalue weighted by Gasteiger charge is -2.14. The summed E-state index contributed by atoms with van der Waals surface area (Å²) in [5.74, 6) is -0.255. The number of nitrogens with one attached hydrogen (secondary N) is 1. The molecule has 0 fully saturated rings. The molecule has 0 aromatic heterocycles. The molecule has 1 aromatic rings. The largest absolute Gasteiger partial charge is 0.391 e. The van der Waals surface area contributed by atoms with Crippen molar-refractivity contribution in [1.29, 1.82) is 0 Å². The Morgan fingerprint density at radius 1 is 1.21 bits per heavy atom. The van der Waals surface area contributed by atoms with Crippen LogP contribution >= 0.6 is 0 Å². The molecule has 0 bridgehead atoms. The van der Waals surface area contributed by atoms with E-state index in [2.05, 4.69) is 5.32 Å². The number of hydrogen-bond donors (Lipinski definition) is 2. The number of aryl methyl sites for hydroxylation is 2. The summed E-state index contributed by atoms with van der Waals surface area (Å²) in [5, 5.41) is 12.8. The lowest BCUT2D eigenvalue weighted by molar-refractivity contribution is 0.190. The third-order valence-corrected chi connectivity index (χ3v) is 4.81. The average molecular weight is 285 g/mol. The molecule has 19 heavy (non-hydrogen) atoms. The minimum absolute atomic E-state index is 0.221. The quantitative estimate of drug-likeness (QED) is 0.830. The highest BCUT2D eigenvalue weighted by Crippen LogP contribution is 2.16. The van der Waals surface area contributed by atoms with Crippen molar-refractivity contribution in [3.05, 3.63) is 29.3 Å². The summed E-state index contributed by atoms with van der Waals surface area (Å²) in [7, 11) is -3.44. The third-order valence-electron chi connectivity index (χ3n) is 3.01. The molecule has 1 aromatic carbocycles. The maximum Gasteiger partial charge on any atom is 0.180 e. The molecule has 1 unspecified atom stereocenters. The molecule has 0 aliphatic heterocycles. The van der Waals surface area contributed by atoms with Crippen LogP contribution in [0.4, 0.5) is 0 Å². The second-order valence-corrected chi connectivity index (χ2v) is 7.28. The first kappa shape index (κ1) is 16.1. The topological polar surface area (TPSA) is 66.4 Å². The maximum atomic E-state index is 12.2. The maximum absolute atomic E-state index is 12.2.